The largest absolute Gasteiger partial charge is 1.00 e. The van der Waals surface area contributed by atoms with Crippen LogP contribution in [-0.2, 0) is 23.8 Å². The molecule has 0 spiro atoms. The Labute approximate surface area is 198 Å². The smallest absolute Gasteiger partial charge is 0.471 e. The van der Waals surface area contributed by atoms with Crippen LogP contribution in [0.4, 0.5) is 5.69 Å². The van der Waals surface area contributed by atoms with Gasteiger partial charge >= 0.3 is 39.7 Å². The number of carbonyl (C=O) groups excluding carboxylic acids is 1. The average Bonchev–Trinajstić information content (AvgIpc) is 3.20. The minimum absolute atomic E-state index is 0. The molecule has 0 bridgehead atoms. The molecular weight excluding hydrogens is 427 g/mol. The third-order valence-electron chi connectivity index (χ3n) is 4.44. The molecule has 0 saturated carbocycles. The van der Waals surface area contributed by atoms with E-state index in [1.807, 2.05) is 29.2 Å². The van der Waals surface area contributed by atoms with Crippen LogP contribution in [0.15, 0.2) is 36.1 Å². The number of ether oxygens (including phenoxy) is 2. The standard InChI is InChI=1S/C18H22N2O6S2.Na/c1-3-20-17(21)16(26-18(20)27)13(2)11-25-28(22,23)10-6-9-19-12-24-15-8-5-4-7-14(15)19;/h4-5,7-8,11,16H,3,6,9-10,12H2,1-2H3;/q;+1. The molecule has 1 aromatic rings. The summed E-state index contributed by atoms with van der Waals surface area (Å²) in [5, 5.41) is 0.0845. The van der Waals surface area contributed by atoms with Crippen LogP contribution in [-0.4, -0.2) is 56.1 Å². The van der Waals surface area contributed by atoms with Crippen molar-refractivity contribution in [3.63, 3.8) is 0 Å². The fourth-order valence-electron chi connectivity index (χ4n) is 2.95. The number of hydrogen-bond donors (Lipinski definition) is 0. The second-order valence-electron chi connectivity index (χ2n) is 6.42. The maximum absolute atomic E-state index is 12.2. The van der Waals surface area contributed by atoms with E-state index in [-0.39, 0.29) is 46.4 Å². The molecule has 2 aliphatic rings. The number of rotatable bonds is 8. The summed E-state index contributed by atoms with van der Waals surface area (Å²) < 4.78 is 40.1. The first-order chi connectivity index (χ1) is 13.3. The van der Waals surface area contributed by atoms with Crippen LogP contribution in [0.25, 0.3) is 0 Å². The molecule has 1 unspecified atom stereocenters. The number of thiocarbonyl (C=S) groups is 1. The average molecular weight is 450 g/mol. The molecule has 1 aromatic carbocycles. The number of amides is 1. The molecule has 1 amide bonds. The van der Waals surface area contributed by atoms with Gasteiger partial charge in [-0.2, -0.15) is 8.42 Å². The molecule has 1 atom stereocenters. The quantitative estimate of drug-likeness (QED) is 0.217. The van der Waals surface area contributed by atoms with E-state index in [0.717, 1.165) is 17.7 Å². The maximum Gasteiger partial charge on any atom is 1.00 e. The number of hydrogen-bond acceptors (Lipinski definition) is 8. The molecule has 2 heterocycles. The third kappa shape index (κ3) is 5.64. The second-order valence-corrected chi connectivity index (χ2v) is 8.49. The number of carbonyl (C=O) groups is 1. The van der Waals surface area contributed by atoms with Gasteiger partial charge in [0, 0.05) is 18.7 Å². The molecule has 3 rings (SSSR count). The van der Waals surface area contributed by atoms with E-state index in [0.29, 0.717) is 31.8 Å². The van der Waals surface area contributed by atoms with Gasteiger partial charge in [-0.05, 0) is 44.6 Å². The van der Waals surface area contributed by atoms with Crippen LogP contribution < -0.4 is 39.2 Å². The van der Waals surface area contributed by atoms with Crippen LogP contribution in [0.1, 0.15) is 20.3 Å². The van der Waals surface area contributed by atoms with Gasteiger partial charge in [-0.3, -0.25) is 9.69 Å². The molecule has 1 fully saturated rings. The summed E-state index contributed by atoms with van der Waals surface area (Å²) >= 11 is 4.99. The first kappa shape index (κ1) is 23.9. The number of benzene rings is 1. The van der Waals surface area contributed by atoms with Crippen molar-refractivity contribution >= 4 is 39.1 Å². The van der Waals surface area contributed by atoms with Gasteiger partial charge in [-0.25, -0.2) is 0 Å². The van der Waals surface area contributed by atoms with Crippen LogP contribution in [0.5, 0.6) is 5.75 Å². The second kappa shape index (κ2) is 10.1. The summed E-state index contributed by atoms with van der Waals surface area (Å²) in [5.74, 6) is 0.310. The molecule has 0 aromatic heterocycles. The Morgan fingerprint density at radius 2 is 2.10 bits per heavy atom. The Balaban J connectivity index is 0.00000300. The molecule has 8 nitrogen and oxygen atoms in total. The Morgan fingerprint density at radius 1 is 1.38 bits per heavy atom. The summed E-state index contributed by atoms with van der Waals surface area (Å²) in [7, 11) is -3.78. The van der Waals surface area contributed by atoms with Crippen molar-refractivity contribution in [1.29, 1.82) is 0 Å². The van der Waals surface area contributed by atoms with Crippen molar-refractivity contribution in [2.24, 2.45) is 0 Å². The minimum atomic E-state index is -3.78. The summed E-state index contributed by atoms with van der Waals surface area (Å²) in [6.45, 7) is 4.66. The predicted octanol–water partition coefficient (Wildman–Crippen LogP) is -0.981. The molecule has 29 heavy (non-hydrogen) atoms. The van der Waals surface area contributed by atoms with Gasteiger partial charge in [0.25, 0.3) is 11.1 Å². The van der Waals surface area contributed by atoms with Crippen molar-refractivity contribution in [1.82, 2.24) is 4.90 Å². The number of likely N-dealkylation sites (N-methyl/N-ethyl adjacent to an activating group) is 1. The molecule has 152 valence electrons. The zero-order valence-electron chi connectivity index (χ0n) is 16.7. The van der Waals surface area contributed by atoms with E-state index in [9.17, 15) is 13.2 Å². The van der Waals surface area contributed by atoms with E-state index in [1.165, 1.54) is 4.90 Å². The Morgan fingerprint density at radius 3 is 2.79 bits per heavy atom. The number of para-hydroxylation sites is 2. The predicted molar refractivity (Wildman–Crippen MR) is 107 cm³/mol. The Bertz CT molecular complexity index is 905. The van der Waals surface area contributed by atoms with Crippen LogP contribution in [0, 0.1) is 0 Å². The van der Waals surface area contributed by atoms with Gasteiger partial charge < -0.3 is 18.6 Å². The maximum atomic E-state index is 12.2. The van der Waals surface area contributed by atoms with E-state index >= 15 is 0 Å². The van der Waals surface area contributed by atoms with Crippen molar-refractivity contribution in [2.45, 2.75) is 26.4 Å². The normalized spacial score (nSPS) is 18.8. The van der Waals surface area contributed by atoms with Gasteiger partial charge in [0.1, 0.15) is 12.0 Å². The Hall–Kier alpha value is -1.33. The van der Waals surface area contributed by atoms with Crippen LogP contribution in [0.2, 0.25) is 0 Å². The molecule has 1 saturated heterocycles. The van der Waals surface area contributed by atoms with E-state index < -0.39 is 16.2 Å². The SMILES string of the molecule is CCN1C(=O)C(C(C)=COS(=O)(=O)CCCN2COc3ccccc32)OC1=S.[Na+]. The molecule has 0 aliphatic carbocycles. The van der Waals surface area contributed by atoms with Gasteiger partial charge in [-0.15, -0.1) is 0 Å². The summed E-state index contributed by atoms with van der Waals surface area (Å²) in [6.07, 6.45) is 0.480. The van der Waals surface area contributed by atoms with E-state index in [2.05, 4.69) is 0 Å². The summed E-state index contributed by atoms with van der Waals surface area (Å²) in [5.41, 5.74) is 1.29. The number of nitrogens with zero attached hydrogens (tertiary/aromatic N) is 2. The monoisotopic (exact) mass is 449 g/mol. The zero-order valence-corrected chi connectivity index (χ0v) is 20.3. The van der Waals surface area contributed by atoms with Gasteiger partial charge in [0.15, 0.2) is 6.73 Å². The van der Waals surface area contributed by atoms with E-state index in [1.54, 1.807) is 13.8 Å². The number of fused-ring (bicyclic) bond motifs is 1. The van der Waals surface area contributed by atoms with Crippen molar-refractivity contribution in [3.05, 3.63) is 36.1 Å². The van der Waals surface area contributed by atoms with Crippen LogP contribution in [0.3, 0.4) is 0 Å². The van der Waals surface area contributed by atoms with Crippen molar-refractivity contribution < 1.29 is 56.4 Å². The topological polar surface area (TPSA) is 85.4 Å². The van der Waals surface area contributed by atoms with Gasteiger partial charge in [0.05, 0.1) is 11.4 Å². The van der Waals surface area contributed by atoms with Gasteiger partial charge in [-0.1, -0.05) is 12.1 Å². The minimum Gasteiger partial charge on any atom is -0.471 e. The fraction of sp³-hybridized carbons (Fsp3) is 0.444. The molecule has 0 N–H and O–H groups in total. The molecule has 2 aliphatic heterocycles. The third-order valence-corrected chi connectivity index (χ3v) is 5.94. The van der Waals surface area contributed by atoms with Crippen LogP contribution >= 0.6 is 12.2 Å². The summed E-state index contributed by atoms with van der Waals surface area (Å²) in [4.78, 5) is 15.5. The molecule has 0 radical (unpaired) electrons. The van der Waals surface area contributed by atoms with Crippen molar-refractivity contribution in [3.8, 4) is 5.75 Å². The Kier molecular flexibility index (Phi) is 8.36. The number of anilines is 1. The van der Waals surface area contributed by atoms with E-state index in [4.69, 9.17) is 25.9 Å². The fourth-order valence-corrected chi connectivity index (χ4v) is 4.15. The zero-order chi connectivity index (χ0) is 20.3. The summed E-state index contributed by atoms with van der Waals surface area (Å²) in [6, 6.07) is 7.61. The molecule has 11 heteroatoms. The van der Waals surface area contributed by atoms with Crippen molar-refractivity contribution in [2.75, 3.05) is 30.5 Å². The first-order valence-corrected chi connectivity index (χ1v) is 10.9. The first-order valence-electron chi connectivity index (χ1n) is 8.89. The molecular formula is C18H22N2NaO6S2+. The van der Waals surface area contributed by atoms with Gasteiger partial charge in [0.2, 0.25) is 6.10 Å².